The molecule has 38 heavy (non-hydrogen) atoms. The topological polar surface area (TPSA) is 187 Å². The molecule has 0 spiro atoms. The molecular weight excluding hydrogens is 493 g/mol. The Kier molecular flexibility index (Phi) is 9.57. The van der Waals surface area contributed by atoms with Crippen molar-refractivity contribution < 1.29 is 28.8 Å². The first kappa shape index (κ1) is 27.9. The number of carbonyl (C=O) groups excluding carboxylic acids is 4. The molecule has 2 aromatic carbocycles. The van der Waals surface area contributed by atoms with Crippen molar-refractivity contribution >= 4 is 47.6 Å². The Balaban J connectivity index is 1.73. The molecule has 1 aromatic heterocycles. The third-order valence-electron chi connectivity index (χ3n) is 5.76. The first-order chi connectivity index (χ1) is 18.2. The van der Waals surface area contributed by atoms with Gasteiger partial charge in [0.2, 0.25) is 17.7 Å². The third-order valence-corrected chi connectivity index (χ3v) is 5.76. The maximum absolute atomic E-state index is 13.3. The second-order valence-electron chi connectivity index (χ2n) is 8.70. The zero-order valence-electron chi connectivity index (χ0n) is 20.8. The van der Waals surface area contributed by atoms with E-state index >= 15 is 0 Å². The van der Waals surface area contributed by atoms with Crippen molar-refractivity contribution in [2.24, 2.45) is 5.73 Å². The number of nitrogens with one attached hydrogen (secondary N) is 3. The minimum Gasteiger partial charge on any atom is -0.459 e. The minimum absolute atomic E-state index is 0.120. The summed E-state index contributed by atoms with van der Waals surface area (Å²) in [6.45, 7) is 1.59. The van der Waals surface area contributed by atoms with E-state index in [1.54, 1.807) is 6.20 Å². The quantitative estimate of drug-likeness (QED) is 0.112. The molecule has 0 saturated carbocycles. The van der Waals surface area contributed by atoms with Crippen LogP contribution in [0.4, 0.5) is 5.69 Å². The number of aromatic amines is 1. The zero-order chi connectivity index (χ0) is 27.7. The van der Waals surface area contributed by atoms with E-state index < -0.39 is 41.2 Å². The summed E-state index contributed by atoms with van der Waals surface area (Å²) in [6.07, 6.45) is 1.57. The lowest BCUT2D eigenvalue weighted by Gasteiger charge is -2.22. The first-order valence-electron chi connectivity index (χ1n) is 12.0. The van der Waals surface area contributed by atoms with Crippen molar-refractivity contribution in [1.29, 1.82) is 0 Å². The van der Waals surface area contributed by atoms with Crippen molar-refractivity contribution in [3.05, 3.63) is 76.0 Å². The number of primary amides is 1. The van der Waals surface area contributed by atoms with Crippen LogP contribution in [0.2, 0.25) is 13.1 Å². The summed E-state index contributed by atoms with van der Waals surface area (Å²) in [5, 5.41) is 16.9. The van der Waals surface area contributed by atoms with Gasteiger partial charge >= 0.3 is 5.97 Å². The number of fused-ring (bicyclic) bond motifs is 1. The van der Waals surface area contributed by atoms with Gasteiger partial charge in [-0.2, -0.15) is 0 Å². The van der Waals surface area contributed by atoms with E-state index in [1.165, 1.54) is 24.3 Å². The Bertz CT molecular complexity index is 1330. The van der Waals surface area contributed by atoms with Crippen molar-refractivity contribution in [2.45, 2.75) is 44.7 Å². The number of hydrogen-bond donors (Lipinski definition) is 4. The monoisotopic (exact) mass is 521 g/mol. The number of esters is 1. The lowest BCUT2D eigenvalue weighted by molar-refractivity contribution is -0.384. The van der Waals surface area contributed by atoms with Gasteiger partial charge in [-0.1, -0.05) is 25.0 Å². The van der Waals surface area contributed by atoms with Crippen molar-refractivity contribution in [2.75, 3.05) is 0 Å². The molecule has 1 heterocycles. The van der Waals surface area contributed by atoms with Crippen LogP contribution in [0.15, 0.2) is 54.7 Å². The highest BCUT2D eigenvalue weighted by molar-refractivity contribution is 6.39. The van der Waals surface area contributed by atoms with Gasteiger partial charge in [0.25, 0.3) is 5.69 Å². The Morgan fingerprint density at radius 1 is 1.08 bits per heavy atom. The molecule has 5 N–H and O–H groups in total. The lowest BCUT2D eigenvalue weighted by Crippen LogP contribution is -2.53. The van der Waals surface area contributed by atoms with Gasteiger partial charge in [0.1, 0.15) is 26.0 Å². The number of rotatable bonds is 13. The standard InChI is InChI=1S/C25H28BN5O7/c1-26-12-23(33)29-20(10-16-13-28-19-5-3-2-4-18(16)19)24(34)30-21(11-22(27)32)25(35)38-14-15-6-8-17(9-7-15)31(36)37/h2-9,13,20-21,26,28H,10-12,14H2,1H3,(H2,27,32)(H,29,33)(H,30,34)/t20-,21+/m0/s1. The Morgan fingerprint density at radius 2 is 1.79 bits per heavy atom. The molecule has 3 amide bonds. The molecule has 198 valence electrons. The summed E-state index contributed by atoms with van der Waals surface area (Å²) in [6, 6.07) is 10.4. The Hall–Kier alpha value is -4.68. The van der Waals surface area contributed by atoms with Gasteiger partial charge in [0, 0.05) is 42.0 Å². The molecule has 0 aliphatic heterocycles. The molecule has 13 heteroatoms. The number of para-hydroxylation sites is 1. The number of benzene rings is 2. The molecule has 0 aliphatic carbocycles. The van der Waals surface area contributed by atoms with E-state index in [1.807, 2.05) is 31.1 Å². The molecule has 0 aliphatic rings. The number of carbonyl (C=O) groups is 4. The third kappa shape index (κ3) is 7.66. The fourth-order valence-corrected chi connectivity index (χ4v) is 3.86. The number of non-ortho nitro benzene ring substituents is 1. The SMILES string of the molecule is CBCC(=O)N[C@@H](Cc1c[nH]c2ccccc12)C(=O)N[C@H](CC(N)=O)C(=O)OCc1ccc([N+](=O)[O-])cc1. The number of nitro groups is 1. The molecule has 12 nitrogen and oxygen atoms in total. The number of hydrogen-bond acceptors (Lipinski definition) is 7. The van der Waals surface area contributed by atoms with Gasteiger partial charge < -0.3 is 26.1 Å². The van der Waals surface area contributed by atoms with Crippen LogP contribution in [0.25, 0.3) is 10.9 Å². The average molecular weight is 521 g/mol. The summed E-state index contributed by atoms with van der Waals surface area (Å²) in [4.78, 5) is 63.4. The number of nitro benzene ring substituents is 1. The van der Waals surface area contributed by atoms with Crippen molar-refractivity contribution in [3.63, 3.8) is 0 Å². The van der Waals surface area contributed by atoms with Crippen molar-refractivity contribution in [1.82, 2.24) is 15.6 Å². The summed E-state index contributed by atoms with van der Waals surface area (Å²) < 4.78 is 5.23. The van der Waals surface area contributed by atoms with Crippen LogP contribution < -0.4 is 16.4 Å². The predicted octanol–water partition coefficient (Wildman–Crippen LogP) is 1.11. The number of nitrogens with zero attached hydrogens (tertiary/aromatic N) is 1. The predicted molar refractivity (Wildman–Crippen MR) is 140 cm³/mol. The van der Waals surface area contributed by atoms with E-state index in [-0.39, 0.29) is 30.9 Å². The molecule has 0 radical (unpaired) electrons. The van der Waals surface area contributed by atoms with Crippen LogP contribution in [-0.2, 0) is 36.9 Å². The highest BCUT2D eigenvalue weighted by Gasteiger charge is 2.29. The smallest absolute Gasteiger partial charge is 0.329 e. The number of H-pyrrole nitrogens is 1. The molecular formula is C25H28BN5O7. The van der Waals surface area contributed by atoms with Gasteiger partial charge in [-0.05, 0) is 29.3 Å². The minimum atomic E-state index is -1.40. The summed E-state index contributed by atoms with van der Waals surface area (Å²) in [7, 11) is 0.576. The molecule has 0 unspecified atom stereocenters. The van der Waals surface area contributed by atoms with E-state index in [0.29, 0.717) is 12.8 Å². The van der Waals surface area contributed by atoms with E-state index in [9.17, 15) is 29.3 Å². The van der Waals surface area contributed by atoms with Crippen LogP contribution in [-0.4, -0.2) is 53.0 Å². The van der Waals surface area contributed by atoms with Crippen LogP contribution in [0.1, 0.15) is 17.5 Å². The normalized spacial score (nSPS) is 12.2. The van der Waals surface area contributed by atoms with Crippen LogP contribution >= 0.6 is 0 Å². The molecule has 3 rings (SSSR count). The fourth-order valence-electron chi connectivity index (χ4n) is 3.86. The molecule has 3 aromatic rings. The summed E-state index contributed by atoms with van der Waals surface area (Å²) in [5.74, 6) is -2.77. The highest BCUT2D eigenvalue weighted by Crippen LogP contribution is 2.19. The van der Waals surface area contributed by atoms with E-state index in [0.717, 1.165) is 16.5 Å². The van der Waals surface area contributed by atoms with Crippen LogP contribution in [0.3, 0.4) is 0 Å². The molecule has 0 bridgehead atoms. The van der Waals surface area contributed by atoms with Crippen LogP contribution in [0, 0.1) is 10.1 Å². The summed E-state index contributed by atoms with van der Waals surface area (Å²) in [5.41, 5.74) is 7.29. The van der Waals surface area contributed by atoms with Gasteiger partial charge in [0.15, 0.2) is 0 Å². The molecule has 0 saturated heterocycles. The van der Waals surface area contributed by atoms with Gasteiger partial charge in [-0.25, -0.2) is 4.79 Å². The van der Waals surface area contributed by atoms with E-state index in [4.69, 9.17) is 10.5 Å². The second-order valence-corrected chi connectivity index (χ2v) is 8.70. The summed E-state index contributed by atoms with van der Waals surface area (Å²) >= 11 is 0. The van der Waals surface area contributed by atoms with Gasteiger partial charge in [-0.3, -0.25) is 24.5 Å². The largest absolute Gasteiger partial charge is 0.459 e. The van der Waals surface area contributed by atoms with E-state index in [2.05, 4.69) is 15.6 Å². The average Bonchev–Trinajstić information content (AvgIpc) is 3.29. The lowest BCUT2D eigenvalue weighted by atomic mass is 9.78. The maximum atomic E-state index is 13.3. The number of aromatic nitrogens is 1. The highest BCUT2D eigenvalue weighted by atomic mass is 16.6. The Labute approximate surface area is 218 Å². The number of nitrogens with two attached hydrogens (primary N) is 1. The number of ether oxygens (including phenoxy) is 1. The molecule has 2 atom stereocenters. The first-order valence-corrected chi connectivity index (χ1v) is 12.0. The maximum Gasteiger partial charge on any atom is 0.329 e. The Morgan fingerprint density at radius 3 is 2.45 bits per heavy atom. The van der Waals surface area contributed by atoms with Crippen molar-refractivity contribution in [3.8, 4) is 0 Å². The number of amides is 3. The zero-order valence-corrected chi connectivity index (χ0v) is 20.8. The van der Waals surface area contributed by atoms with Crippen LogP contribution in [0.5, 0.6) is 0 Å². The molecule has 0 fully saturated rings. The van der Waals surface area contributed by atoms with Gasteiger partial charge in [0.05, 0.1) is 11.3 Å². The van der Waals surface area contributed by atoms with Gasteiger partial charge in [-0.15, -0.1) is 0 Å². The fraction of sp³-hybridized carbons (Fsp3) is 0.280. The second kappa shape index (κ2) is 13.0.